The number of hydrogen-bond acceptors (Lipinski definition) is 2. The van der Waals surface area contributed by atoms with E-state index < -0.39 is 17.7 Å². The quantitative estimate of drug-likeness (QED) is 0.856. The van der Waals surface area contributed by atoms with E-state index in [9.17, 15) is 13.9 Å². The summed E-state index contributed by atoms with van der Waals surface area (Å²) in [4.78, 5) is 0. The summed E-state index contributed by atoms with van der Waals surface area (Å²) >= 11 is 0. The van der Waals surface area contributed by atoms with Crippen molar-refractivity contribution in [1.29, 1.82) is 0 Å². The van der Waals surface area contributed by atoms with E-state index in [1.54, 1.807) is 0 Å². The fourth-order valence-electron chi connectivity index (χ4n) is 1.96. The van der Waals surface area contributed by atoms with Crippen LogP contribution in [0.15, 0.2) is 18.2 Å². The zero-order chi connectivity index (χ0) is 11.5. The molecule has 0 bridgehead atoms. The Hall–Kier alpha value is -1.00. The standard InChI is InChI=1S/C12H14F2O2/c13-10-2-1-3-11(14)9(10)6-12(15)8-4-5-16-7-8/h1-3,8,12,15H,4-7H2. The number of aliphatic hydroxyl groups is 1. The van der Waals surface area contributed by atoms with Gasteiger partial charge in [0, 0.05) is 24.5 Å². The fraction of sp³-hybridized carbons (Fsp3) is 0.500. The third kappa shape index (κ3) is 2.39. The molecule has 0 aromatic heterocycles. The summed E-state index contributed by atoms with van der Waals surface area (Å²) in [6, 6.07) is 3.73. The van der Waals surface area contributed by atoms with Crippen molar-refractivity contribution in [1.82, 2.24) is 0 Å². The van der Waals surface area contributed by atoms with Crippen LogP contribution < -0.4 is 0 Å². The van der Waals surface area contributed by atoms with Crippen LogP contribution in [0.5, 0.6) is 0 Å². The highest BCUT2D eigenvalue weighted by molar-refractivity contribution is 5.20. The number of rotatable bonds is 3. The predicted octanol–water partition coefficient (Wildman–Crippen LogP) is 1.90. The van der Waals surface area contributed by atoms with Crippen LogP contribution in [0, 0.1) is 17.6 Å². The largest absolute Gasteiger partial charge is 0.392 e. The van der Waals surface area contributed by atoms with E-state index in [2.05, 4.69) is 0 Å². The summed E-state index contributed by atoms with van der Waals surface area (Å²) < 4.78 is 31.8. The van der Waals surface area contributed by atoms with Gasteiger partial charge in [0.1, 0.15) is 11.6 Å². The van der Waals surface area contributed by atoms with Crippen molar-refractivity contribution in [3.8, 4) is 0 Å². The van der Waals surface area contributed by atoms with Crippen LogP contribution in [0.25, 0.3) is 0 Å². The number of halogens is 2. The van der Waals surface area contributed by atoms with Gasteiger partial charge in [0.2, 0.25) is 0 Å². The van der Waals surface area contributed by atoms with Crippen LogP contribution >= 0.6 is 0 Å². The Balaban J connectivity index is 2.07. The lowest BCUT2D eigenvalue weighted by Gasteiger charge is -2.16. The summed E-state index contributed by atoms with van der Waals surface area (Å²) in [5, 5.41) is 9.84. The zero-order valence-electron chi connectivity index (χ0n) is 8.83. The van der Waals surface area contributed by atoms with Crippen molar-refractivity contribution < 1.29 is 18.6 Å². The number of benzene rings is 1. The molecule has 0 radical (unpaired) electrons. The maximum Gasteiger partial charge on any atom is 0.129 e. The first-order valence-corrected chi connectivity index (χ1v) is 5.37. The van der Waals surface area contributed by atoms with Crippen molar-refractivity contribution in [2.24, 2.45) is 5.92 Å². The highest BCUT2D eigenvalue weighted by atomic mass is 19.1. The molecule has 2 nitrogen and oxygen atoms in total. The second kappa shape index (κ2) is 4.89. The van der Waals surface area contributed by atoms with E-state index >= 15 is 0 Å². The molecule has 1 N–H and O–H groups in total. The fourth-order valence-corrected chi connectivity index (χ4v) is 1.96. The van der Waals surface area contributed by atoms with Crippen LogP contribution in [0.1, 0.15) is 12.0 Å². The zero-order valence-corrected chi connectivity index (χ0v) is 8.83. The summed E-state index contributed by atoms with van der Waals surface area (Å²) in [5.41, 5.74) is -0.0399. The van der Waals surface area contributed by atoms with Gasteiger partial charge in [-0.2, -0.15) is 0 Å². The predicted molar refractivity (Wildman–Crippen MR) is 55.0 cm³/mol. The lowest BCUT2D eigenvalue weighted by molar-refractivity contribution is 0.0904. The molecule has 2 atom stereocenters. The Kier molecular flexibility index (Phi) is 3.51. The van der Waals surface area contributed by atoms with Crippen molar-refractivity contribution in [3.63, 3.8) is 0 Å². The number of ether oxygens (including phenoxy) is 1. The Labute approximate surface area is 92.9 Å². The molecular weight excluding hydrogens is 214 g/mol. The maximum atomic E-state index is 13.3. The third-order valence-corrected chi connectivity index (χ3v) is 2.98. The van der Waals surface area contributed by atoms with Crippen molar-refractivity contribution in [3.05, 3.63) is 35.4 Å². The van der Waals surface area contributed by atoms with E-state index in [0.29, 0.717) is 13.2 Å². The molecule has 2 unspecified atom stereocenters. The van der Waals surface area contributed by atoms with Gasteiger partial charge in [0.25, 0.3) is 0 Å². The highest BCUT2D eigenvalue weighted by Gasteiger charge is 2.25. The van der Waals surface area contributed by atoms with Gasteiger partial charge in [-0.05, 0) is 18.6 Å². The second-order valence-electron chi connectivity index (χ2n) is 4.10. The summed E-state index contributed by atoms with van der Waals surface area (Å²) in [6.45, 7) is 1.08. The monoisotopic (exact) mass is 228 g/mol. The average Bonchev–Trinajstić information content (AvgIpc) is 2.76. The molecule has 88 valence electrons. The second-order valence-corrected chi connectivity index (χ2v) is 4.10. The molecule has 0 amide bonds. The number of hydrogen-bond donors (Lipinski definition) is 1. The van der Waals surface area contributed by atoms with E-state index in [4.69, 9.17) is 4.74 Å². The molecule has 4 heteroatoms. The Morgan fingerprint density at radius 1 is 1.38 bits per heavy atom. The van der Waals surface area contributed by atoms with Crippen LogP contribution in [-0.2, 0) is 11.2 Å². The first kappa shape index (κ1) is 11.5. The molecule has 0 aliphatic carbocycles. The van der Waals surface area contributed by atoms with E-state index in [1.165, 1.54) is 18.2 Å². The number of aliphatic hydroxyl groups excluding tert-OH is 1. The lowest BCUT2D eigenvalue weighted by Crippen LogP contribution is -2.24. The third-order valence-electron chi connectivity index (χ3n) is 2.98. The molecule has 1 aliphatic rings. The molecule has 1 aliphatic heterocycles. The topological polar surface area (TPSA) is 29.5 Å². The molecule has 2 rings (SSSR count). The molecule has 0 saturated carbocycles. The first-order valence-electron chi connectivity index (χ1n) is 5.37. The van der Waals surface area contributed by atoms with Gasteiger partial charge in [-0.3, -0.25) is 0 Å². The summed E-state index contributed by atoms with van der Waals surface area (Å²) in [6.07, 6.45) is 0.0120. The molecule has 16 heavy (non-hydrogen) atoms. The first-order chi connectivity index (χ1) is 7.68. The van der Waals surface area contributed by atoms with Crippen LogP contribution in [0.4, 0.5) is 8.78 Å². The smallest absolute Gasteiger partial charge is 0.129 e. The Morgan fingerprint density at radius 3 is 2.62 bits per heavy atom. The van der Waals surface area contributed by atoms with Gasteiger partial charge in [-0.15, -0.1) is 0 Å². The molecule has 1 fully saturated rings. The van der Waals surface area contributed by atoms with Crippen molar-refractivity contribution >= 4 is 0 Å². The van der Waals surface area contributed by atoms with Crippen molar-refractivity contribution in [2.45, 2.75) is 18.9 Å². The van der Waals surface area contributed by atoms with Gasteiger partial charge in [0.05, 0.1) is 12.7 Å². The lowest BCUT2D eigenvalue weighted by atomic mass is 9.95. The Bertz CT molecular complexity index is 342. The van der Waals surface area contributed by atoms with E-state index in [-0.39, 0.29) is 17.9 Å². The van der Waals surface area contributed by atoms with Gasteiger partial charge >= 0.3 is 0 Å². The summed E-state index contributed by atoms with van der Waals surface area (Å²) in [5.74, 6) is -1.21. The average molecular weight is 228 g/mol. The molecule has 1 saturated heterocycles. The molecule has 1 aromatic rings. The minimum atomic E-state index is -0.742. The normalized spacial score (nSPS) is 22.3. The minimum Gasteiger partial charge on any atom is -0.392 e. The van der Waals surface area contributed by atoms with Crippen LogP contribution in [0.3, 0.4) is 0 Å². The van der Waals surface area contributed by atoms with Crippen LogP contribution in [-0.4, -0.2) is 24.4 Å². The van der Waals surface area contributed by atoms with Gasteiger partial charge < -0.3 is 9.84 Å². The van der Waals surface area contributed by atoms with Gasteiger partial charge in [-0.1, -0.05) is 6.07 Å². The van der Waals surface area contributed by atoms with Crippen LogP contribution in [0.2, 0.25) is 0 Å². The van der Waals surface area contributed by atoms with Gasteiger partial charge in [0.15, 0.2) is 0 Å². The molecule has 1 heterocycles. The highest BCUT2D eigenvalue weighted by Crippen LogP contribution is 2.22. The van der Waals surface area contributed by atoms with Gasteiger partial charge in [-0.25, -0.2) is 8.78 Å². The minimum absolute atomic E-state index is 0.00648. The SMILES string of the molecule is OC(Cc1c(F)cccc1F)C1CCOC1. The summed E-state index contributed by atoms with van der Waals surface area (Å²) in [7, 11) is 0. The molecule has 0 spiro atoms. The van der Waals surface area contributed by atoms with E-state index in [0.717, 1.165) is 6.42 Å². The van der Waals surface area contributed by atoms with Crippen molar-refractivity contribution in [2.75, 3.05) is 13.2 Å². The molecule has 1 aromatic carbocycles. The Morgan fingerprint density at radius 2 is 2.06 bits per heavy atom. The maximum absolute atomic E-state index is 13.3. The van der Waals surface area contributed by atoms with E-state index in [1.807, 2.05) is 0 Å². The molecular formula is C12H14F2O2.